The minimum Gasteiger partial charge on any atom is -0.398 e. The number of rotatable bonds is 5. The predicted octanol–water partition coefficient (Wildman–Crippen LogP) is 1.47. The lowest BCUT2D eigenvalue weighted by Gasteiger charge is -2.13. The zero-order chi connectivity index (χ0) is 12.2. The van der Waals surface area contributed by atoms with Gasteiger partial charge in [0, 0.05) is 13.7 Å². The summed E-state index contributed by atoms with van der Waals surface area (Å²) < 4.78 is 29.1. The van der Waals surface area contributed by atoms with E-state index in [-0.39, 0.29) is 4.90 Å². The second kappa shape index (κ2) is 5.32. The molecule has 1 aromatic rings. The van der Waals surface area contributed by atoms with E-state index in [4.69, 9.17) is 10.5 Å². The topological polar surface area (TPSA) is 69.4 Å². The number of ether oxygens (including phenoxy) is 1. The standard InChI is InChI=1S/C11H17NO3S/c1-9(7-8-15-2)16(13,14)11-6-4-3-5-10(11)12/h3-6,9H,7-8,12H2,1-2H3. The number of benzene rings is 1. The zero-order valence-corrected chi connectivity index (χ0v) is 10.3. The normalized spacial score (nSPS) is 13.6. The molecule has 0 aliphatic carbocycles. The van der Waals surface area contributed by atoms with Gasteiger partial charge in [0.1, 0.15) is 0 Å². The number of anilines is 1. The van der Waals surface area contributed by atoms with Crippen molar-refractivity contribution >= 4 is 15.5 Å². The lowest BCUT2D eigenvalue weighted by molar-refractivity contribution is 0.194. The van der Waals surface area contributed by atoms with E-state index in [0.29, 0.717) is 18.7 Å². The first kappa shape index (κ1) is 13.0. The molecule has 90 valence electrons. The van der Waals surface area contributed by atoms with Gasteiger partial charge in [-0.1, -0.05) is 12.1 Å². The molecule has 1 rings (SSSR count). The smallest absolute Gasteiger partial charge is 0.183 e. The monoisotopic (exact) mass is 243 g/mol. The molecule has 0 spiro atoms. The first-order valence-corrected chi connectivity index (χ1v) is 6.62. The van der Waals surface area contributed by atoms with Crippen LogP contribution in [0.15, 0.2) is 29.2 Å². The van der Waals surface area contributed by atoms with E-state index in [1.807, 2.05) is 0 Å². The third-order valence-corrected chi connectivity index (χ3v) is 4.76. The third kappa shape index (κ3) is 2.74. The zero-order valence-electron chi connectivity index (χ0n) is 9.51. The van der Waals surface area contributed by atoms with Crippen LogP contribution in [0.25, 0.3) is 0 Å². The Bertz CT molecular complexity index is 442. The van der Waals surface area contributed by atoms with E-state index >= 15 is 0 Å². The molecule has 1 unspecified atom stereocenters. The Morgan fingerprint density at radius 2 is 2.00 bits per heavy atom. The highest BCUT2D eigenvalue weighted by atomic mass is 32.2. The maximum absolute atomic E-state index is 12.1. The van der Waals surface area contributed by atoms with Crippen molar-refractivity contribution in [3.05, 3.63) is 24.3 Å². The number of methoxy groups -OCH3 is 1. The number of para-hydroxylation sites is 1. The maximum atomic E-state index is 12.1. The summed E-state index contributed by atoms with van der Waals surface area (Å²) in [7, 11) is -1.80. The van der Waals surface area contributed by atoms with E-state index in [9.17, 15) is 8.42 Å². The highest BCUT2D eigenvalue weighted by Crippen LogP contribution is 2.23. The van der Waals surface area contributed by atoms with Crippen LogP contribution in [0.5, 0.6) is 0 Å². The largest absolute Gasteiger partial charge is 0.398 e. The molecule has 0 radical (unpaired) electrons. The highest BCUT2D eigenvalue weighted by Gasteiger charge is 2.24. The SMILES string of the molecule is COCCC(C)S(=O)(=O)c1ccccc1N. The fourth-order valence-corrected chi connectivity index (χ4v) is 2.90. The first-order valence-electron chi connectivity index (χ1n) is 5.07. The van der Waals surface area contributed by atoms with Crippen molar-refractivity contribution in [2.24, 2.45) is 0 Å². The lowest BCUT2D eigenvalue weighted by Crippen LogP contribution is -2.20. The molecule has 16 heavy (non-hydrogen) atoms. The fourth-order valence-electron chi connectivity index (χ4n) is 1.40. The van der Waals surface area contributed by atoms with Crippen LogP contribution in [-0.2, 0) is 14.6 Å². The van der Waals surface area contributed by atoms with Gasteiger partial charge in [-0.15, -0.1) is 0 Å². The molecule has 0 fully saturated rings. The number of nitrogen functional groups attached to an aromatic ring is 1. The second-order valence-electron chi connectivity index (χ2n) is 3.67. The van der Waals surface area contributed by atoms with Crippen LogP contribution in [0.1, 0.15) is 13.3 Å². The van der Waals surface area contributed by atoms with Gasteiger partial charge >= 0.3 is 0 Å². The van der Waals surface area contributed by atoms with Gasteiger partial charge in [0.15, 0.2) is 9.84 Å². The quantitative estimate of drug-likeness (QED) is 0.795. The summed E-state index contributed by atoms with van der Waals surface area (Å²) in [5, 5.41) is -0.489. The van der Waals surface area contributed by atoms with Gasteiger partial charge in [-0.2, -0.15) is 0 Å². The third-order valence-electron chi connectivity index (χ3n) is 2.48. The molecule has 0 aliphatic rings. The molecule has 2 N–H and O–H groups in total. The van der Waals surface area contributed by atoms with E-state index in [1.165, 1.54) is 6.07 Å². The predicted molar refractivity (Wildman–Crippen MR) is 64.0 cm³/mol. The molecule has 1 aromatic carbocycles. The summed E-state index contributed by atoms with van der Waals surface area (Å²) >= 11 is 0. The van der Waals surface area contributed by atoms with E-state index < -0.39 is 15.1 Å². The lowest BCUT2D eigenvalue weighted by atomic mass is 10.3. The Morgan fingerprint density at radius 3 is 2.56 bits per heavy atom. The van der Waals surface area contributed by atoms with Crippen molar-refractivity contribution in [1.29, 1.82) is 0 Å². The van der Waals surface area contributed by atoms with Crippen molar-refractivity contribution < 1.29 is 13.2 Å². The molecule has 0 aromatic heterocycles. The number of hydrogen-bond acceptors (Lipinski definition) is 4. The van der Waals surface area contributed by atoms with Crippen LogP contribution >= 0.6 is 0 Å². The summed E-state index contributed by atoms with van der Waals surface area (Å²) in [6.07, 6.45) is 0.465. The summed E-state index contributed by atoms with van der Waals surface area (Å²) in [4.78, 5) is 0.207. The van der Waals surface area contributed by atoms with Crippen molar-refractivity contribution in [3.8, 4) is 0 Å². The summed E-state index contributed by atoms with van der Waals surface area (Å²) in [6, 6.07) is 6.52. The van der Waals surface area contributed by atoms with Gasteiger partial charge in [-0.25, -0.2) is 8.42 Å². The fraction of sp³-hybridized carbons (Fsp3) is 0.455. The van der Waals surface area contributed by atoms with Crippen LogP contribution in [0.2, 0.25) is 0 Å². The van der Waals surface area contributed by atoms with Crippen molar-refractivity contribution in [3.63, 3.8) is 0 Å². The van der Waals surface area contributed by atoms with Crippen LogP contribution in [-0.4, -0.2) is 27.4 Å². The van der Waals surface area contributed by atoms with Crippen molar-refractivity contribution in [2.45, 2.75) is 23.5 Å². The Morgan fingerprint density at radius 1 is 1.38 bits per heavy atom. The minimum atomic E-state index is -3.35. The van der Waals surface area contributed by atoms with Crippen LogP contribution in [0.4, 0.5) is 5.69 Å². The Hall–Kier alpha value is -1.07. The molecule has 0 saturated carbocycles. The number of sulfone groups is 1. The van der Waals surface area contributed by atoms with E-state index in [2.05, 4.69) is 0 Å². The maximum Gasteiger partial charge on any atom is 0.183 e. The van der Waals surface area contributed by atoms with Gasteiger partial charge in [0.25, 0.3) is 0 Å². The second-order valence-corrected chi connectivity index (χ2v) is 6.01. The molecule has 5 heteroatoms. The molecule has 0 amide bonds. The van der Waals surface area contributed by atoms with Crippen LogP contribution in [0.3, 0.4) is 0 Å². The van der Waals surface area contributed by atoms with Crippen LogP contribution < -0.4 is 5.73 Å². The average Bonchev–Trinajstić information content (AvgIpc) is 2.26. The number of hydrogen-bond donors (Lipinski definition) is 1. The molecule has 0 aliphatic heterocycles. The molecule has 4 nitrogen and oxygen atoms in total. The first-order chi connectivity index (χ1) is 7.50. The molecule has 0 saturated heterocycles. The molecular formula is C11H17NO3S. The minimum absolute atomic E-state index is 0.207. The Labute approximate surface area is 96.3 Å². The molecular weight excluding hydrogens is 226 g/mol. The molecule has 1 atom stereocenters. The number of nitrogens with two attached hydrogens (primary N) is 1. The molecule has 0 heterocycles. The van der Waals surface area contributed by atoms with Gasteiger partial charge in [-0.3, -0.25) is 0 Å². The Balaban J connectivity index is 2.98. The van der Waals surface area contributed by atoms with Gasteiger partial charge in [0.05, 0.1) is 15.8 Å². The van der Waals surface area contributed by atoms with E-state index in [1.54, 1.807) is 32.2 Å². The van der Waals surface area contributed by atoms with Crippen LogP contribution in [0, 0.1) is 0 Å². The highest BCUT2D eigenvalue weighted by molar-refractivity contribution is 7.92. The molecule has 0 bridgehead atoms. The summed E-state index contributed by atoms with van der Waals surface area (Å²) in [5.74, 6) is 0. The van der Waals surface area contributed by atoms with Crippen molar-refractivity contribution in [2.75, 3.05) is 19.5 Å². The summed E-state index contributed by atoms with van der Waals surface area (Å²) in [6.45, 7) is 2.09. The van der Waals surface area contributed by atoms with Gasteiger partial charge in [-0.05, 0) is 25.5 Å². The average molecular weight is 243 g/mol. The Kier molecular flexibility index (Phi) is 4.32. The summed E-state index contributed by atoms with van der Waals surface area (Å²) in [5.41, 5.74) is 5.96. The van der Waals surface area contributed by atoms with Gasteiger partial charge < -0.3 is 10.5 Å². The van der Waals surface area contributed by atoms with E-state index in [0.717, 1.165) is 0 Å². The van der Waals surface area contributed by atoms with Gasteiger partial charge in [0.2, 0.25) is 0 Å². The van der Waals surface area contributed by atoms with Crippen molar-refractivity contribution in [1.82, 2.24) is 0 Å².